The molecule has 0 radical (unpaired) electrons. The minimum absolute atomic E-state index is 0.132. The van der Waals surface area contributed by atoms with Crippen LogP contribution in [-0.2, 0) is 18.8 Å². The summed E-state index contributed by atoms with van der Waals surface area (Å²) in [5.41, 5.74) is 0.740. The monoisotopic (exact) mass is 535 g/mol. The van der Waals surface area contributed by atoms with E-state index in [0.29, 0.717) is 35.0 Å². The highest BCUT2D eigenvalue weighted by atomic mass is 35.5. The molecule has 1 amide bonds. The fraction of sp³-hybridized carbons (Fsp3) is 0.667. The Hall–Kier alpha value is -1.27. The highest BCUT2D eigenvalue weighted by molar-refractivity contribution is 7.58. The van der Waals surface area contributed by atoms with Gasteiger partial charge in [-0.05, 0) is 56.2 Å². The van der Waals surface area contributed by atoms with Crippen molar-refractivity contribution in [1.29, 1.82) is 0 Å². The second-order valence-electron chi connectivity index (χ2n) is 8.95. The maximum atomic E-state index is 12.8. The van der Waals surface area contributed by atoms with Crippen LogP contribution in [0.25, 0.3) is 0 Å². The predicted molar refractivity (Wildman–Crippen MR) is 135 cm³/mol. The molecule has 1 fully saturated rings. The third kappa shape index (κ3) is 9.77. The van der Waals surface area contributed by atoms with Crippen LogP contribution in [0.15, 0.2) is 18.2 Å². The molecule has 0 spiro atoms. The number of esters is 1. The van der Waals surface area contributed by atoms with E-state index in [1.54, 1.807) is 18.2 Å². The van der Waals surface area contributed by atoms with E-state index >= 15 is 0 Å². The molecule has 1 N–H and O–H groups in total. The van der Waals surface area contributed by atoms with Crippen LogP contribution >= 0.6 is 30.6 Å². The van der Waals surface area contributed by atoms with Gasteiger partial charge in [-0.3, -0.25) is 9.36 Å². The summed E-state index contributed by atoms with van der Waals surface area (Å²) in [6.45, 7) is 3.38. The molecule has 0 saturated heterocycles. The summed E-state index contributed by atoms with van der Waals surface area (Å²) in [6, 6.07) is 4.65. The van der Waals surface area contributed by atoms with Crippen LogP contribution in [0.3, 0.4) is 0 Å². The Labute approximate surface area is 212 Å². The first-order valence-corrected chi connectivity index (χ1v) is 14.8. The van der Waals surface area contributed by atoms with E-state index in [0.717, 1.165) is 31.2 Å². The summed E-state index contributed by atoms with van der Waals surface area (Å²) in [5.74, 6) is -0.137. The third-order valence-electron chi connectivity index (χ3n) is 6.16. The van der Waals surface area contributed by atoms with Crippen LogP contribution in [0.2, 0.25) is 10.0 Å². The molecule has 0 heterocycles. The number of halogens is 2. The molecule has 2 atom stereocenters. The van der Waals surface area contributed by atoms with Crippen molar-refractivity contribution in [3.8, 4) is 0 Å². The van der Waals surface area contributed by atoms with Gasteiger partial charge in [-0.2, -0.15) is 0 Å². The van der Waals surface area contributed by atoms with Gasteiger partial charge in [-0.1, -0.05) is 55.5 Å². The average Bonchev–Trinajstić information content (AvgIpc) is 2.78. The zero-order chi connectivity index (χ0) is 25.1. The highest BCUT2D eigenvalue weighted by Gasteiger charge is 2.28. The molecular weight excluding hydrogens is 500 g/mol. The zero-order valence-electron chi connectivity index (χ0n) is 20.0. The van der Waals surface area contributed by atoms with Crippen molar-refractivity contribution >= 4 is 42.6 Å². The van der Waals surface area contributed by atoms with Crippen molar-refractivity contribution in [3.63, 3.8) is 0 Å². The van der Waals surface area contributed by atoms with E-state index in [9.17, 15) is 19.0 Å². The normalized spacial score (nSPS) is 17.0. The van der Waals surface area contributed by atoms with Gasteiger partial charge in [-0.15, -0.1) is 0 Å². The van der Waals surface area contributed by atoms with Crippen molar-refractivity contribution in [1.82, 2.24) is 4.90 Å². The first kappa shape index (κ1) is 29.0. The second kappa shape index (κ2) is 14.3. The van der Waals surface area contributed by atoms with Crippen molar-refractivity contribution < 1.29 is 28.5 Å². The van der Waals surface area contributed by atoms with E-state index in [-0.39, 0.29) is 19.1 Å². The van der Waals surface area contributed by atoms with Gasteiger partial charge in [0.25, 0.3) is 0 Å². The Balaban J connectivity index is 2.01. The number of carbonyl (C=O) groups excluding carboxylic acids is 2. The Morgan fingerprint density at radius 2 is 1.88 bits per heavy atom. The molecule has 192 valence electrons. The van der Waals surface area contributed by atoms with E-state index in [1.807, 2.05) is 13.8 Å². The lowest BCUT2D eigenvalue weighted by Gasteiger charge is -2.29. The maximum Gasteiger partial charge on any atom is 0.413 e. The third-order valence-corrected chi connectivity index (χ3v) is 9.00. The van der Waals surface area contributed by atoms with Crippen LogP contribution in [0.1, 0.15) is 76.8 Å². The molecule has 1 saturated carbocycles. The number of rotatable bonds is 12. The maximum absolute atomic E-state index is 12.8. The lowest BCUT2D eigenvalue weighted by molar-refractivity contribution is -0.152. The average molecular weight is 536 g/mol. The number of benzene rings is 1. The predicted octanol–water partition coefficient (Wildman–Crippen LogP) is 7.03. The summed E-state index contributed by atoms with van der Waals surface area (Å²) in [4.78, 5) is 36.4. The number of nitrogens with zero attached hydrogens (tertiary/aromatic N) is 1. The second-order valence-corrected chi connectivity index (χ2v) is 12.3. The van der Waals surface area contributed by atoms with Gasteiger partial charge in [0.1, 0.15) is 0 Å². The molecule has 7 nitrogen and oxygen atoms in total. The summed E-state index contributed by atoms with van der Waals surface area (Å²) >= 11 is 12.2. The SMILES string of the molecule is CCCC(=O)OCOC(=O)N(CCCP(=O)(O)CC1CCCCC1)[C@@H](C)c1ccc(Cl)c(Cl)c1. The lowest BCUT2D eigenvalue weighted by Crippen LogP contribution is -2.36. The molecular formula is C24H36Cl2NO6P. The van der Waals surface area contributed by atoms with Crippen LogP contribution in [0.5, 0.6) is 0 Å². The van der Waals surface area contributed by atoms with Gasteiger partial charge in [0, 0.05) is 25.3 Å². The molecule has 0 aliphatic heterocycles. The molecule has 10 heteroatoms. The Morgan fingerprint density at radius 1 is 1.18 bits per heavy atom. The van der Waals surface area contributed by atoms with Crippen LogP contribution in [0, 0.1) is 5.92 Å². The van der Waals surface area contributed by atoms with Crippen LogP contribution < -0.4 is 0 Å². The number of ether oxygens (including phenoxy) is 2. The molecule has 1 aromatic rings. The van der Waals surface area contributed by atoms with Crippen molar-refractivity contribution in [2.75, 3.05) is 25.7 Å². The fourth-order valence-corrected chi connectivity index (χ4v) is 6.55. The number of carbonyl (C=O) groups is 2. The zero-order valence-corrected chi connectivity index (χ0v) is 22.4. The molecule has 1 aromatic carbocycles. The standard InChI is InChI=1S/C24H36Cl2NO6P/c1-3-8-23(28)32-17-33-24(29)27(18(2)20-11-12-21(25)22(26)15-20)13-7-14-34(30,31)16-19-9-5-4-6-10-19/h11-12,15,18-19H,3-10,13-14,16-17H2,1-2H3,(H,30,31)/t18-/m0/s1. The van der Waals surface area contributed by atoms with Gasteiger partial charge >= 0.3 is 12.1 Å². The van der Waals surface area contributed by atoms with Crippen molar-refractivity contribution in [2.45, 2.75) is 71.3 Å². The summed E-state index contributed by atoms with van der Waals surface area (Å²) in [5, 5.41) is 0.763. The first-order valence-electron chi connectivity index (χ1n) is 12.0. The molecule has 2 rings (SSSR count). The number of hydrogen-bond donors (Lipinski definition) is 1. The first-order chi connectivity index (χ1) is 16.1. The summed E-state index contributed by atoms with van der Waals surface area (Å²) < 4.78 is 22.9. The van der Waals surface area contributed by atoms with Gasteiger partial charge in [0.05, 0.1) is 16.1 Å². The fourth-order valence-electron chi connectivity index (χ4n) is 4.25. The summed E-state index contributed by atoms with van der Waals surface area (Å²) in [7, 11) is -3.29. The van der Waals surface area contributed by atoms with Gasteiger partial charge < -0.3 is 19.3 Å². The van der Waals surface area contributed by atoms with E-state index < -0.39 is 32.3 Å². The molecule has 0 aromatic heterocycles. The largest absolute Gasteiger partial charge is 0.428 e. The van der Waals surface area contributed by atoms with Crippen molar-refractivity contribution in [2.24, 2.45) is 5.92 Å². The Morgan fingerprint density at radius 3 is 2.53 bits per heavy atom. The number of hydrogen-bond acceptors (Lipinski definition) is 5. The molecule has 1 aliphatic rings. The topological polar surface area (TPSA) is 93.1 Å². The molecule has 1 aliphatic carbocycles. The molecule has 34 heavy (non-hydrogen) atoms. The van der Waals surface area contributed by atoms with Gasteiger partial charge in [-0.25, -0.2) is 4.79 Å². The van der Waals surface area contributed by atoms with E-state index in [1.165, 1.54) is 11.3 Å². The van der Waals surface area contributed by atoms with Crippen LogP contribution in [-0.4, -0.2) is 47.5 Å². The van der Waals surface area contributed by atoms with Crippen LogP contribution in [0.4, 0.5) is 4.79 Å². The Bertz CT molecular complexity index is 862. The number of amides is 1. The minimum atomic E-state index is -3.29. The highest BCUT2D eigenvalue weighted by Crippen LogP contribution is 2.46. The van der Waals surface area contributed by atoms with Crippen molar-refractivity contribution in [3.05, 3.63) is 33.8 Å². The smallest absolute Gasteiger partial charge is 0.413 e. The van der Waals surface area contributed by atoms with Gasteiger partial charge in [0.2, 0.25) is 14.2 Å². The van der Waals surface area contributed by atoms with E-state index in [4.69, 9.17) is 32.7 Å². The van der Waals surface area contributed by atoms with E-state index in [2.05, 4.69) is 0 Å². The molecule has 0 bridgehead atoms. The Kier molecular flexibility index (Phi) is 12.2. The van der Waals surface area contributed by atoms with Gasteiger partial charge in [0.15, 0.2) is 0 Å². The quantitative estimate of drug-likeness (QED) is 0.175. The lowest BCUT2D eigenvalue weighted by atomic mass is 9.91. The summed E-state index contributed by atoms with van der Waals surface area (Å²) in [6.07, 6.45) is 6.47. The molecule has 1 unspecified atom stereocenters. The minimum Gasteiger partial charge on any atom is -0.428 e.